The summed E-state index contributed by atoms with van der Waals surface area (Å²) in [4.78, 5) is 11.5. The van der Waals surface area contributed by atoms with Gasteiger partial charge in [0.2, 0.25) is 5.91 Å². The highest BCUT2D eigenvalue weighted by atomic mass is 16.5. The molecular weight excluding hydrogens is 300 g/mol. The molecule has 0 aromatic heterocycles. The molecule has 0 aliphatic heterocycles. The van der Waals surface area contributed by atoms with Crippen LogP contribution in [0.15, 0.2) is 54.6 Å². The van der Waals surface area contributed by atoms with Gasteiger partial charge in [0, 0.05) is 6.54 Å². The van der Waals surface area contributed by atoms with Gasteiger partial charge in [-0.2, -0.15) is 0 Å². The predicted molar refractivity (Wildman–Crippen MR) is 96.5 cm³/mol. The van der Waals surface area contributed by atoms with E-state index in [4.69, 9.17) is 10.5 Å². The quantitative estimate of drug-likeness (QED) is 0.743. The first-order valence-corrected chi connectivity index (χ1v) is 8.38. The number of hydrogen-bond acceptors (Lipinski definition) is 3. The molecule has 0 aliphatic carbocycles. The summed E-state index contributed by atoms with van der Waals surface area (Å²) < 4.78 is 5.77. The second-order valence-corrected chi connectivity index (χ2v) is 6.06. The highest BCUT2D eigenvalue weighted by molar-refractivity contribution is 5.80. The second kappa shape index (κ2) is 9.08. The third kappa shape index (κ3) is 5.39. The first-order valence-electron chi connectivity index (χ1n) is 8.38. The van der Waals surface area contributed by atoms with Crippen LogP contribution >= 0.6 is 0 Å². The molecule has 2 aromatic carbocycles. The first-order chi connectivity index (χ1) is 11.6. The minimum atomic E-state index is -0.302. The molecule has 0 heterocycles. The normalized spacial score (nSPS) is 13.2. The van der Waals surface area contributed by atoms with Crippen molar-refractivity contribution in [3.05, 3.63) is 65.7 Å². The van der Waals surface area contributed by atoms with Gasteiger partial charge in [-0.15, -0.1) is 0 Å². The molecule has 2 unspecified atom stereocenters. The molecular formula is C20H26N2O2. The minimum absolute atomic E-state index is 0.218. The highest BCUT2D eigenvalue weighted by Gasteiger charge is 2.20. The lowest BCUT2D eigenvalue weighted by molar-refractivity contribution is -0.121. The smallest absolute Gasteiger partial charge is 0.234 e. The summed E-state index contributed by atoms with van der Waals surface area (Å²) in [6.45, 7) is 5.25. The summed E-state index contributed by atoms with van der Waals surface area (Å²) >= 11 is 0. The predicted octanol–water partition coefficient (Wildman–Crippen LogP) is 3.26. The molecule has 1 amide bonds. The van der Waals surface area contributed by atoms with E-state index in [1.54, 1.807) is 0 Å². The summed E-state index contributed by atoms with van der Waals surface area (Å²) in [5.74, 6) is 0.749. The van der Waals surface area contributed by atoms with E-state index < -0.39 is 0 Å². The molecule has 2 atom stereocenters. The van der Waals surface area contributed by atoms with Crippen molar-refractivity contribution in [2.75, 3.05) is 0 Å². The molecule has 3 N–H and O–H groups in total. The van der Waals surface area contributed by atoms with Crippen molar-refractivity contribution < 1.29 is 9.53 Å². The number of hydrogen-bond donors (Lipinski definition) is 2. The maximum Gasteiger partial charge on any atom is 0.234 e. The lowest BCUT2D eigenvalue weighted by Crippen LogP contribution is -2.45. The number of amides is 1. The van der Waals surface area contributed by atoms with Crippen LogP contribution in [0.25, 0.3) is 0 Å². The van der Waals surface area contributed by atoms with Gasteiger partial charge in [0.15, 0.2) is 0 Å². The number of ether oxygens (including phenoxy) is 1. The average molecular weight is 326 g/mol. The Balaban J connectivity index is 1.86. The van der Waals surface area contributed by atoms with Crippen LogP contribution in [0.1, 0.15) is 31.4 Å². The largest absolute Gasteiger partial charge is 0.489 e. The van der Waals surface area contributed by atoms with Crippen molar-refractivity contribution in [1.29, 1.82) is 0 Å². The number of nitrogens with one attached hydrogen (secondary N) is 1. The molecule has 0 saturated carbocycles. The van der Waals surface area contributed by atoms with Gasteiger partial charge in [-0.1, -0.05) is 62.7 Å². The van der Waals surface area contributed by atoms with Crippen LogP contribution in [-0.4, -0.2) is 11.9 Å². The summed E-state index contributed by atoms with van der Waals surface area (Å²) in [6.07, 6.45) is 0.910. The van der Waals surface area contributed by atoms with E-state index in [9.17, 15) is 4.79 Å². The van der Waals surface area contributed by atoms with Crippen molar-refractivity contribution in [2.24, 2.45) is 11.7 Å². The molecule has 128 valence electrons. The molecule has 24 heavy (non-hydrogen) atoms. The lowest BCUT2D eigenvalue weighted by atomic mass is 9.98. The van der Waals surface area contributed by atoms with Gasteiger partial charge in [-0.25, -0.2) is 0 Å². The van der Waals surface area contributed by atoms with Crippen LogP contribution in [0.2, 0.25) is 0 Å². The Morgan fingerprint density at radius 2 is 1.75 bits per heavy atom. The molecule has 4 heteroatoms. The number of carbonyl (C=O) groups is 1. The Bertz CT molecular complexity index is 626. The van der Waals surface area contributed by atoms with E-state index in [2.05, 4.69) is 12.2 Å². The van der Waals surface area contributed by atoms with Crippen molar-refractivity contribution in [1.82, 2.24) is 5.32 Å². The topological polar surface area (TPSA) is 64.3 Å². The van der Waals surface area contributed by atoms with E-state index >= 15 is 0 Å². The van der Waals surface area contributed by atoms with Crippen LogP contribution in [-0.2, 0) is 17.9 Å². The number of primary amides is 1. The fourth-order valence-electron chi connectivity index (χ4n) is 2.49. The lowest BCUT2D eigenvalue weighted by Gasteiger charge is -2.21. The van der Waals surface area contributed by atoms with E-state index in [1.165, 1.54) is 0 Å². The molecule has 0 radical (unpaired) electrons. The fourth-order valence-corrected chi connectivity index (χ4v) is 2.49. The zero-order chi connectivity index (χ0) is 17.4. The maximum absolute atomic E-state index is 11.5. The van der Waals surface area contributed by atoms with E-state index in [0.717, 1.165) is 23.3 Å². The van der Waals surface area contributed by atoms with Gasteiger partial charge >= 0.3 is 0 Å². The summed E-state index contributed by atoms with van der Waals surface area (Å²) in [7, 11) is 0. The van der Waals surface area contributed by atoms with Crippen molar-refractivity contribution >= 4 is 5.91 Å². The Kier molecular flexibility index (Phi) is 6.82. The van der Waals surface area contributed by atoms with Crippen LogP contribution in [0.3, 0.4) is 0 Å². The molecule has 0 aliphatic rings. The summed E-state index contributed by atoms with van der Waals surface area (Å²) in [5.41, 5.74) is 7.71. The first kappa shape index (κ1) is 18.0. The van der Waals surface area contributed by atoms with Crippen LogP contribution in [0.4, 0.5) is 0 Å². The van der Waals surface area contributed by atoms with Crippen LogP contribution in [0, 0.1) is 5.92 Å². The molecule has 4 nitrogen and oxygen atoms in total. The van der Waals surface area contributed by atoms with E-state index in [1.807, 2.05) is 61.5 Å². The molecule has 0 saturated heterocycles. The van der Waals surface area contributed by atoms with Crippen LogP contribution in [0.5, 0.6) is 5.75 Å². The Labute approximate surface area is 144 Å². The van der Waals surface area contributed by atoms with Gasteiger partial charge in [0.1, 0.15) is 12.4 Å². The van der Waals surface area contributed by atoms with Gasteiger partial charge in [-0.3, -0.25) is 4.79 Å². The zero-order valence-electron chi connectivity index (χ0n) is 14.4. The van der Waals surface area contributed by atoms with Gasteiger partial charge in [0.05, 0.1) is 6.04 Å². The number of rotatable bonds is 9. The standard InChI is InChI=1S/C20H26N2O2/c1-3-15(2)19(20(21)23)22-13-16-9-11-18(12-10-16)24-14-17-7-5-4-6-8-17/h4-12,15,19,22H,3,13-14H2,1-2H3,(H2,21,23). The molecule has 0 fully saturated rings. The zero-order valence-corrected chi connectivity index (χ0v) is 14.4. The monoisotopic (exact) mass is 326 g/mol. The Hall–Kier alpha value is -2.33. The van der Waals surface area contributed by atoms with Crippen molar-refractivity contribution in [2.45, 2.75) is 39.5 Å². The highest BCUT2D eigenvalue weighted by Crippen LogP contribution is 2.15. The SMILES string of the molecule is CCC(C)C(NCc1ccc(OCc2ccccc2)cc1)C(N)=O. The number of benzene rings is 2. The Morgan fingerprint density at radius 3 is 2.33 bits per heavy atom. The number of carbonyl (C=O) groups excluding carboxylic acids is 1. The van der Waals surface area contributed by atoms with E-state index in [0.29, 0.717) is 13.2 Å². The molecule has 0 bridgehead atoms. The van der Waals surface area contributed by atoms with E-state index in [-0.39, 0.29) is 17.9 Å². The third-order valence-corrected chi connectivity index (χ3v) is 4.22. The van der Waals surface area contributed by atoms with Gasteiger partial charge < -0.3 is 15.8 Å². The average Bonchev–Trinajstić information content (AvgIpc) is 2.61. The van der Waals surface area contributed by atoms with Gasteiger partial charge in [-0.05, 0) is 29.2 Å². The maximum atomic E-state index is 11.5. The fraction of sp³-hybridized carbons (Fsp3) is 0.350. The van der Waals surface area contributed by atoms with Gasteiger partial charge in [0.25, 0.3) is 0 Å². The third-order valence-electron chi connectivity index (χ3n) is 4.22. The molecule has 2 aromatic rings. The Morgan fingerprint density at radius 1 is 1.08 bits per heavy atom. The summed E-state index contributed by atoms with van der Waals surface area (Å²) in [6, 6.07) is 17.7. The minimum Gasteiger partial charge on any atom is -0.489 e. The van der Waals surface area contributed by atoms with Crippen LogP contribution < -0.4 is 15.8 Å². The number of nitrogens with two attached hydrogens (primary N) is 1. The molecule has 0 spiro atoms. The molecule has 2 rings (SSSR count). The second-order valence-electron chi connectivity index (χ2n) is 6.06. The van der Waals surface area contributed by atoms with Crippen molar-refractivity contribution in [3.63, 3.8) is 0 Å². The summed E-state index contributed by atoms with van der Waals surface area (Å²) in [5, 5.41) is 3.25. The van der Waals surface area contributed by atoms with Crippen molar-refractivity contribution in [3.8, 4) is 5.75 Å².